The average molecular weight is 377 g/mol. The Hall–Kier alpha value is -2.38. The van der Waals surface area contributed by atoms with Crippen LogP contribution in [-0.4, -0.2) is 39.9 Å². The fraction of sp³-hybridized carbons (Fsp3) is 0.316. The number of benzene rings is 2. The molecule has 0 radical (unpaired) electrons. The van der Waals surface area contributed by atoms with Gasteiger partial charge in [0.05, 0.1) is 30.7 Å². The van der Waals surface area contributed by atoms with E-state index in [1.54, 1.807) is 6.07 Å². The Labute approximate surface area is 154 Å². The van der Waals surface area contributed by atoms with Crippen molar-refractivity contribution in [3.63, 3.8) is 0 Å². The minimum absolute atomic E-state index is 0.189. The second-order valence-electron chi connectivity index (χ2n) is 6.08. The van der Waals surface area contributed by atoms with E-state index in [1.807, 2.05) is 30.3 Å². The van der Waals surface area contributed by atoms with Gasteiger partial charge in [-0.3, -0.25) is 4.31 Å². The lowest BCUT2D eigenvalue weighted by atomic mass is 9.99. The van der Waals surface area contributed by atoms with Crippen LogP contribution in [-0.2, 0) is 21.2 Å². The first-order valence-corrected chi connectivity index (χ1v) is 9.96. The van der Waals surface area contributed by atoms with Gasteiger partial charge in [-0.1, -0.05) is 30.3 Å². The molecular formula is C19H23NO5S. The molecule has 7 heteroatoms. The van der Waals surface area contributed by atoms with E-state index >= 15 is 0 Å². The molecule has 0 amide bonds. The molecule has 0 saturated carbocycles. The molecule has 2 aromatic rings. The number of carbonyl (C=O) groups excluding carboxylic acids is 1. The highest BCUT2D eigenvalue weighted by molar-refractivity contribution is 7.92. The monoisotopic (exact) mass is 377 g/mol. The predicted octanol–water partition coefficient (Wildman–Crippen LogP) is 2.54. The van der Waals surface area contributed by atoms with Crippen molar-refractivity contribution in [2.24, 2.45) is 0 Å². The Morgan fingerprint density at radius 3 is 2.42 bits per heavy atom. The van der Waals surface area contributed by atoms with Crippen molar-refractivity contribution in [3.8, 4) is 0 Å². The molecule has 1 N–H and O–H groups in total. The molecule has 2 rings (SSSR count). The third-order valence-electron chi connectivity index (χ3n) is 4.16. The lowest BCUT2D eigenvalue weighted by Gasteiger charge is -2.20. The Balaban J connectivity index is 2.32. The largest absolute Gasteiger partial charge is 0.465 e. The molecule has 26 heavy (non-hydrogen) atoms. The minimum Gasteiger partial charge on any atom is -0.465 e. The summed E-state index contributed by atoms with van der Waals surface area (Å²) in [4.78, 5) is 11.9. The Kier molecular flexibility index (Phi) is 6.39. The zero-order valence-electron chi connectivity index (χ0n) is 15.0. The van der Waals surface area contributed by atoms with Crippen LogP contribution in [0.15, 0.2) is 48.5 Å². The third-order valence-corrected chi connectivity index (χ3v) is 5.36. The second kappa shape index (κ2) is 8.33. The van der Waals surface area contributed by atoms with E-state index in [0.717, 1.165) is 16.1 Å². The summed E-state index contributed by atoms with van der Waals surface area (Å²) in [6.07, 6.45) is 1.33. The smallest absolute Gasteiger partial charge is 0.337 e. The molecule has 0 heterocycles. The summed E-state index contributed by atoms with van der Waals surface area (Å²) in [6, 6.07) is 14.3. The number of aryl methyl sites for hydroxylation is 1. The first kappa shape index (κ1) is 19.9. The molecule has 0 aromatic heterocycles. The van der Waals surface area contributed by atoms with Gasteiger partial charge in [0, 0.05) is 7.05 Å². The van der Waals surface area contributed by atoms with Crippen molar-refractivity contribution in [2.45, 2.75) is 18.9 Å². The van der Waals surface area contributed by atoms with Crippen LogP contribution < -0.4 is 4.31 Å². The number of ether oxygens (including phenoxy) is 1. The first-order valence-electron chi connectivity index (χ1n) is 8.11. The maximum Gasteiger partial charge on any atom is 0.337 e. The summed E-state index contributed by atoms with van der Waals surface area (Å²) < 4.78 is 29.4. The number of anilines is 1. The number of sulfonamides is 1. The van der Waals surface area contributed by atoms with Crippen LogP contribution in [0.2, 0.25) is 0 Å². The van der Waals surface area contributed by atoms with Gasteiger partial charge in [0.15, 0.2) is 0 Å². The number of esters is 1. The highest BCUT2D eigenvalue weighted by Gasteiger charge is 2.19. The SMILES string of the molecule is COC(=O)c1cc(C(O)CCc2ccccc2)cc(N(C)S(C)(=O)=O)c1. The van der Waals surface area contributed by atoms with Gasteiger partial charge in [-0.25, -0.2) is 13.2 Å². The highest BCUT2D eigenvalue weighted by Crippen LogP contribution is 2.27. The minimum atomic E-state index is -3.50. The summed E-state index contributed by atoms with van der Waals surface area (Å²) in [7, 11) is -0.858. The van der Waals surface area contributed by atoms with Crippen molar-refractivity contribution in [1.82, 2.24) is 0 Å². The highest BCUT2D eigenvalue weighted by atomic mass is 32.2. The van der Waals surface area contributed by atoms with E-state index in [1.165, 1.54) is 26.3 Å². The number of rotatable bonds is 7. The molecular weight excluding hydrogens is 354 g/mol. The normalized spacial score (nSPS) is 12.5. The quantitative estimate of drug-likeness (QED) is 0.750. The van der Waals surface area contributed by atoms with Crippen molar-refractivity contribution in [3.05, 3.63) is 65.2 Å². The van der Waals surface area contributed by atoms with Crippen LogP contribution in [0.3, 0.4) is 0 Å². The Morgan fingerprint density at radius 1 is 1.19 bits per heavy atom. The van der Waals surface area contributed by atoms with Crippen molar-refractivity contribution in [1.29, 1.82) is 0 Å². The van der Waals surface area contributed by atoms with E-state index in [2.05, 4.69) is 0 Å². The van der Waals surface area contributed by atoms with E-state index < -0.39 is 22.1 Å². The van der Waals surface area contributed by atoms with Gasteiger partial charge in [-0.05, 0) is 42.2 Å². The van der Waals surface area contributed by atoms with E-state index in [4.69, 9.17) is 4.74 Å². The molecule has 0 aliphatic heterocycles. The topological polar surface area (TPSA) is 83.9 Å². The summed E-state index contributed by atoms with van der Waals surface area (Å²) >= 11 is 0. The molecule has 140 valence electrons. The van der Waals surface area contributed by atoms with Gasteiger partial charge in [0.2, 0.25) is 10.0 Å². The molecule has 6 nitrogen and oxygen atoms in total. The molecule has 0 aliphatic rings. The van der Waals surface area contributed by atoms with Gasteiger partial charge in [-0.2, -0.15) is 0 Å². The third kappa shape index (κ3) is 5.06. The van der Waals surface area contributed by atoms with Crippen LogP contribution in [0, 0.1) is 0 Å². The molecule has 0 fully saturated rings. The molecule has 1 atom stereocenters. The van der Waals surface area contributed by atoms with Gasteiger partial charge in [-0.15, -0.1) is 0 Å². The zero-order chi connectivity index (χ0) is 19.3. The standard InChI is InChI=1S/C19H23NO5S/c1-20(26(3,23)24)17-12-15(11-16(13-17)19(22)25-2)18(21)10-9-14-7-5-4-6-8-14/h4-8,11-13,18,21H,9-10H2,1-3H3. The van der Waals surface area contributed by atoms with Crippen LogP contribution in [0.4, 0.5) is 5.69 Å². The van der Waals surface area contributed by atoms with Gasteiger partial charge in [0.1, 0.15) is 0 Å². The maximum absolute atomic E-state index is 11.9. The number of hydrogen-bond acceptors (Lipinski definition) is 5. The maximum atomic E-state index is 11.9. The van der Waals surface area contributed by atoms with Gasteiger partial charge >= 0.3 is 5.97 Å². The zero-order valence-corrected chi connectivity index (χ0v) is 15.9. The van der Waals surface area contributed by atoms with Crippen LogP contribution in [0.5, 0.6) is 0 Å². The lowest BCUT2D eigenvalue weighted by Crippen LogP contribution is -2.25. The van der Waals surface area contributed by atoms with Crippen LogP contribution in [0.25, 0.3) is 0 Å². The fourth-order valence-electron chi connectivity index (χ4n) is 2.55. The van der Waals surface area contributed by atoms with Crippen molar-refractivity contribution < 1.29 is 23.1 Å². The van der Waals surface area contributed by atoms with E-state index in [9.17, 15) is 18.3 Å². The number of nitrogens with zero attached hydrogens (tertiary/aromatic N) is 1. The molecule has 0 bridgehead atoms. The van der Waals surface area contributed by atoms with Gasteiger partial charge in [0.25, 0.3) is 0 Å². The molecule has 0 spiro atoms. The van der Waals surface area contributed by atoms with Crippen LogP contribution in [0.1, 0.15) is 34.0 Å². The van der Waals surface area contributed by atoms with Gasteiger partial charge < -0.3 is 9.84 Å². The van der Waals surface area contributed by atoms with Crippen LogP contribution >= 0.6 is 0 Å². The van der Waals surface area contributed by atoms with E-state index in [0.29, 0.717) is 24.1 Å². The summed E-state index contributed by atoms with van der Waals surface area (Å²) in [5.74, 6) is -0.592. The molecule has 0 aliphatic carbocycles. The summed E-state index contributed by atoms with van der Waals surface area (Å²) in [5.41, 5.74) is 2.04. The Bertz CT molecular complexity index is 865. The number of methoxy groups -OCH3 is 1. The number of hydrogen-bond donors (Lipinski definition) is 1. The summed E-state index contributed by atoms with van der Waals surface area (Å²) in [6.45, 7) is 0. The second-order valence-corrected chi connectivity index (χ2v) is 8.09. The Morgan fingerprint density at radius 2 is 1.85 bits per heavy atom. The number of aliphatic hydroxyl groups excluding tert-OH is 1. The average Bonchev–Trinajstić information content (AvgIpc) is 2.64. The number of aliphatic hydroxyl groups is 1. The fourth-order valence-corrected chi connectivity index (χ4v) is 3.04. The number of carbonyl (C=O) groups is 1. The van der Waals surface area contributed by atoms with Crippen molar-refractivity contribution >= 4 is 21.7 Å². The molecule has 1 unspecified atom stereocenters. The molecule has 2 aromatic carbocycles. The van der Waals surface area contributed by atoms with Crippen molar-refractivity contribution in [2.75, 3.05) is 24.7 Å². The molecule has 0 saturated heterocycles. The predicted molar refractivity (Wildman–Crippen MR) is 101 cm³/mol. The van der Waals surface area contributed by atoms with E-state index in [-0.39, 0.29) is 5.56 Å². The first-order chi connectivity index (χ1) is 12.2. The summed E-state index contributed by atoms with van der Waals surface area (Å²) in [5, 5.41) is 10.5. The lowest BCUT2D eigenvalue weighted by molar-refractivity contribution is 0.0600.